The molecule has 0 spiro atoms. The third-order valence-electron chi connectivity index (χ3n) is 3.98. The van der Waals surface area contributed by atoms with E-state index < -0.39 is 0 Å². The molecule has 3 nitrogen and oxygen atoms in total. The number of anilines is 1. The van der Waals surface area contributed by atoms with E-state index >= 15 is 0 Å². The van der Waals surface area contributed by atoms with Crippen LogP contribution in [0.4, 0.5) is 5.13 Å². The van der Waals surface area contributed by atoms with E-state index in [0.29, 0.717) is 12.0 Å². The van der Waals surface area contributed by atoms with Gasteiger partial charge in [0, 0.05) is 35.8 Å². The second kappa shape index (κ2) is 5.37. The van der Waals surface area contributed by atoms with Gasteiger partial charge in [-0.15, -0.1) is 0 Å². The molecule has 2 saturated carbocycles. The first kappa shape index (κ1) is 12.7. The van der Waals surface area contributed by atoms with E-state index in [1.807, 2.05) is 0 Å². The minimum absolute atomic E-state index is 0.675. The lowest BCUT2D eigenvalue weighted by molar-refractivity contribution is 0.652. The Morgan fingerprint density at radius 3 is 2.89 bits per heavy atom. The maximum atomic E-state index is 4.71. The first-order chi connectivity index (χ1) is 8.78. The molecule has 0 aromatic carbocycles. The fourth-order valence-electron chi connectivity index (χ4n) is 2.69. The van der Waals surface area contributed by atoms with Crippen molar-refractivity contribution in [2.24, 2.45) is 0 Å². The molecule has 5 heteroatoms. The Labute approximate surface area is 118 Å². The molecule has 0 radical (unpaired) electrons. The Hall–Kier alpha value is -0.290. The Bertz CT molecular complexity index is 403. The van der Waals surface area contributed by atoms with E-state index in [2.05, 4.69) is 35.0 Å². The number of thioether (sulfide) groups is 1. The molecule has 1 aromatic heterocycles. The molecule has 0 bridgehead atoms. The number of hydrogen-bond donors (Lipinski definition) is 0. The van der Waals surface area contributed by atoms with Gasteiger partial charge in [-0.05, 0) is 37.9 Å². The van der Waals surface area contributed by atoms with E-state index in [1.54, 1.807) is 11.5 Å². The van der Waals surface area contributed by atoms with Crippen molar-refractivity contribution in [3.63, 3.8) is 0 Å². The van der Waals surface area contributed by atoms with Crippen LogP contribution < -0.4 is 4.90 Å². The molecule has 0 aliphatic heterocycles. The van der Waals surface area contributed by atoms with E-state index in [0.717, 1.165) is 16.2 Å². The van der Waals surface area contributed by atoms with Crippen LogP contribution in [-0.2, 0) is 0 Å². The molecule has 0 saturated heterocycles. The molecule has 3 rings (SSSR count). The summed E-state index contributed by atoms with van der Waals surface area (Å²) in [6.07, 6.45) is 6.57. The zero-order valence-corrected chi connectivity index (χ0v) is 12.8. The van der Waals surface area contributed by atoms with Gasteiger partial charge in [-0.2, -0.15) is 16.1 Å². The summed E-state index contributed by atoms with van der Waals surface area (Å²) in [6, 6.07) is 0.675. The summed E-state index contributed by atoms with van der Waals surface area (Å²) in [4.78, 5) is 7.09. The molecule has 0 N–H and O–H groups in total. The quantitative estimate of drug-likeness (QED) is 0.826. The average molecular weight is 283 g/mol. The van der Waals surface area contributed by atoms with Gasteiger partial charge in [0.2, 0.25) is 5.13 Å². The van der Waals surface area contributed by atoms with Crippen molar-refractivity contribution in [2.75, 3.05) is 17.7 Å². The molecule has 2 aliphatic carbocycles. The summed E-state index contributed by atoms with van der Waals surface area (Å²) in [5.41, 5.74) is 0. The highest BCUT2D eigenvalue weighted by atomic mass is 32.2. The maximum absolute atomic E-state index is 4.71. The number of hydrogen-bond acceptors (Lipinski definition) is 5. The van der Waals surface area contributed by atoms with Crippen LogP contribution in [0.2, 0.25) is 0 Å². The van der Waals surface area contributed by atoms with Crippen molar-refractivity contribution in [3.05, 3.63) is 5.82 Å². The fourth-order valence-corrected chi connectivity index (χ4v) is 4.60. The van der Waals surface area contributed by atoms with Crippen LogP contribution in [0.25, 0.3) is 0 Å². The maximum Gasteiger partial charge on any atom is 0.205 e. The van der Waals surface area contributed by atoms with Crippen molar-refractivity contribution in [2.45, 2.75) is 56.2 Å². The molecule has 2 fully saturated rings. The highest BCUT2D eigenvalue weighted by Crippen LogP contribution is 2.40. The van der Waals surface area contributed by atoms with Crippen LogP contribution in [0.1, 0.15) is 50.8 Å². The zero-order valence-electron chi connectivity index (χ0n) is 11.1. The van der Waals surface area contributed by atoms with Gasteiger partial charge < -0.3 is 4.90 Å². The van der Waals surface area contributed by atoms with E-state index in [1.165, 1.54) is 37.9 Å². The van der Waals surface area contributed by atoms with E-state index in [4.69, 9.17) is 4.98 Å². The zero-order chi connectivity index (χ0) is 12.5. The summed E-state index contributed by atoms with van der Waals surface area (Å²) >= 11 is 3.70. The summed E-state index contributed by atoms with van der Waals surface area (Å²) in [5, 5.41) is 1.99. The van der Waals surface area contributed by atoms with Crippen LogP contribution in [-0.4, -0.2) is 33.4 Å². The molecule has 18 heavy (non-hydrogen) atoms. The second-order valence-corrected chi connectivity index (χ2v) is 7.67. The molecule has 1 aromatic rings. The summed E-state index contributed by atoms with van der Waals surface area (Å²) in [5.74, 6) is 3.01. The normalized spacial score (nSPS) is 27.7. The lowest BCUT2D eigenvalue weighted by atomic mass is 10.2. The Balaban J connectivity index is 1.61. The van der Waals surface area contributed by atoms with Gasteiger partial charge in [0.05, 0.1) is 0 Å². The first-order valence-corrected chi connectivity index (χ1v) is 8.78. The lowest BCUT2D eigenvalue weighted by Crippen LogP contribution is -2.29. The minimum atomic E-state index is 0.675. The third kappa shape index (κ3) is 2.67. The Morgan fingerprint density at radius 1 is 1.33 bits per heavy atom. The molecule has 1 heterocycles. The van der Waals surface area contributed by atoms with Crippen LogP contribution in [0, 0.1) is 0 Å². The van der Waals surface area contributed by atoms with Gasteiger partial charge in [0.25, 0.3) is 0 Å². The average Bonchev–Trinajstić information content (AvgIpc) is 2.93. The van der Waals surface area contributed by atoms with E-state index in [9.17, 15) is 0 Å². The van der Waals surface area contributed by atoms with Gasteiger partial charge in [-0.25, -0.2) is 4.98 Å². The Morgan fingerprint density at radius 2 is 2.17 bits per heavy atom. The van der Waals surface area contributed by atoms with Gasteiger partial charge in [-0.3, -0.25) is 0 Å². The predicted molar refractivity (Wildman–Crippen MR) is 79.8 cm³/mol. The molecular formula is C13H21N3S2. The van der Waals surface area contributed by atoms with Crippen LogP contribution in [0.5, 0.6) is 0 Å². The fraction of sp³-hybridized carbons (Fsp3) is 0.846. The highest BCUT2D eigenvalue weighted by Gasteiger charge is 2.31. The predicted octanol–water partition coefficient (Wildman–Crippen LogP) is 3.53. The summed E-state index contributed by atoms with van der Waals surface area (Å²) in [6.45, 7) is 2.26. The largest absolute Gasteiger partial charge is 0.347 e. The minimum Gasteiger partial charge on any atom is -0.347 e. The van der Waals surface area contributed by atoms with Crippen LogP contribution >= 0.6 is 23.3 Å². The van der Waals surface area contributed by atoms with Crippen LogP contribution in [0.3, 0.4) is 0 Å². The lowest BCUT2D eigenvalue weighted by Gasteiger charge is -2.23. The summed E-state index contributed by atoms with van der Waals surface area (Å²) in [7, 11) is 2.20. The second-order valence-electron chi connectivity index (χ2n) is 5.36. The van der Waals surface area contributed by atoms with Crippen LogP contribution in [0.15, 0.2) is 0 Å². The standard InChI is InChI=1S/C13H21N3S2/c1-3-17-11-7-6-10(8-11)16(2)13-14-12(15-18-13)9-4-5-9/h9-11H,3-8H2,1-2H3. The SMILES string of the molecule is CCSC1CCC(N(C)c2nc(C3CC3)ns2)C1. The molecule has 100 valence electrons. The number of nitrogens with zero attached hydrogens (tertiary/aromatic N) is 3. The van der Waals surface area contributed by atoms with Crippen molar-refractivity contribution >= 4 is 28.4 Å². The smallest absolute Gasteiger partial charge is 0.205 e. The van der Waals surface area contributed by atoms with Crippen molar-refractivity contribution in [3.8, 4) is 0 Å². The number of aromatic nitrogens is 2. The molecule has 2 unspecified atom stereocenters. The van der Waals surface area contributed by atoms with Gasteiger partial charge in [-0.1, -0.05) is 6.92 Å². The van der Waals surface area contributed by atoms with E-state index in [-0.39, 0.29) is 0 Å². The molecular weight excluding hydrogens is 262 g/mol. The van der Waals surface area contributed by atoms with Crippen molar-refractivity contribution in [1.82, 2.24) is 9.36 Å². The van der Waals surface area contributed by atoms with Gasteiger partial charge >= 0.3 is 0 Å². The molecule has 2 aliphatic rings. The summed E-state index contributed by atoms with van der Waals surface area (Å²) < 4.78 is 4.51. The van der Waals surface area contributed by atoms with Gasteiger partial charge in [0.15, 0.2) is 0 Å². The Kier molecular flexibility index (Phi) is 3.80. The van der Waals surface area contributed by atoms with Gasteiger partial charge in [0.1, 0.15) is 5.82 Å². The molecule has 2 atom stereocenters. The van der Waals surface area contributed by atoms with Crippen molar-refractivity contribution in [1.29, 1.82) is 0 Å². The first-order valence-electron chi connectivity index (χ1n) is 6.96. The van der Waals surface area contributed by atoms with Crippen molar-refractivity contribution < 1.29 is 0 Å². The topological polar surface area (TPSA) is 29.0 Å². The number of rotatable bonds is 5. The monoisotopic (exact) mass is 283 g/mol. The highest BCUT2D eigenvalue weighted by molar-refractivity contribution is 7.99. The molecule has 0 amide bonds. The third-order valence-corrected chi connectivity index (χ3v) is 6.04.